The average Bonchev–Trinajstić information content (AvgIpc) is 2.78. The van der Waals surface area contributed by atoms with Crippen molar-refractivity contribution in [3.63, 3.8) is 0 Å². The number of aromatic nitrogens is 1. The minimum absolute atomic E-state index is 0.0474. The predicted molar refractivity (Wildman–Crippen MR) is 131 cm³/mol. The Kier molecular flexibility index (Phi) is 5.78. The number of hydrogen-bond donors (Lipinski definition) is 1. The van der Waals surface area contributed by atoms with Gasteiger partial charge >= 0.3 is 0 Å². The van der Waals surface area contributed by atoms with Gasteiger partial charge in [-0.2, -0.15) is 0 Å². The molecular formula is C27H23ClN2O2. The van der Waals surface area contributed by atoms with E-state index in [0.29, 0.717) is 27.4 Å². The number of anilines is 1. The van der Waals surface area contributed by atoms with Crippen molar-refractivity contribution in [3.05, 3.63) is 91.9 Å². The third kappa shape index (κ3) is 4.00. The number of hydrogen-bond acceptors (Lipinski definition) is 4. The zero-order valence-corrected chi connectivity index (χ0v) is 19.2. The normalized spacial score (nSPS) is 11.9. The molecule has 4 nitrogen and oxygen atoms in total. The highest BCUT2D eigenvalue weighted by molar-refractivity contribution is 6.29. The molecule has 2 aromatic heterocycles. The van der Waals surface area contributed by atoms with E-state index in [1.54, 1.807) is 13.0 Å². The van der Waals surface area contributed by atoms with E-state index >= 15 is 0 Å². The molecule has 0 radical (unpaired) electrons. The summed E-state index contributed by atoms with van der Waals surface area (Å²) in [5.41, 5.74) is 6.12. The van der Waals surface area contributed by atoms with Crippen LogP contribution in [-0.4, -0.2) is 4.98 Å². The Morgan fingerprint density at radius 3 is 2.62 bits per heavy atom. The second-order valence-electron chi connectivity index (χ2n) is 7.97. The predicted octanol–water partition coefficient (Wildman–Crippen LogP) is 6.59. The fourth-order valence-corrected chi connectivity index (χ4v) is 4.10. The van der Waals surface area contributed by atoms with Gasteiger partial charge in [0.25, 0.3) is 0 Å². The number of nitrogens with one attached hydrogen (secondary N) is 1. The summed E-state index contributed by atoms with van der Waals surface area (Å²) in [6, 6.07) is 14.9. The molecule has 160 valence electrons. The summed E-state index contributed by atoms with van der Waals surface area (Å²) < 4.78 is 6.41. The molecule has 1 atom stereocenters. The molecule has 4 rings (SSSR count). The van der Waals surface area contributed by atoms with Crippen molar-refractivity contribution in [2.75, 3.05) is 5.32 Å². The minimum Gasteiger partial charge on any atom is -0.455 e. The third-order valence-corrected chi connectivity index (χ3v) is 5.78. The maximum absolute atomic E-state index is 13.3. The summed E-state index contributed by atoms with van der Waals surface area (Å²) in [7, 11) is 0. The number of pyridine rings is 1. The number of benzene rings is 2. The van der Waals surface area contributed by atoms with Crippen molar-refractivity contribution in [3.8, 4) is 23.7 Å². The highest BCUT2D eigenvalue weighted by Gasteiger charge is 2.19. The Bertz CT molecular complexity index is 1450. The molecule has 32 heavy (non-hydrogen) atoms. The first-order valence-corrected chi connectivity index (χ1v) is 10.7. The average molecular weight is 443 g/mol. The van der Waals surface area contributed by atoms with E-state index in [1.807, 2.05) is 63.2 Å². The van der Waals surface area contributed by atoms with Gasteiger partial charge in [-0.05, 0) is 63.6 Å². The molecule has 0 saturated heterocycles. The molecule has 5 heteroatoms. The van der Waals surface area contributed by atoms with Gasteiger partial charge in [0.1, 0.15) is 16.5 Å². The van der Waals surface area contributed by atoms with Gasteiger partial charge in [0.2, 0.25) is 0 Å². The lowest BCUT2D eigenvalue weighted by molar-refractivity contribution is 0.605. The van der Waals surface area contributed by atoms with Gasteiger partial charge in [0.15, 0.2) is 5.43 Å². The van der Waals surface area contributed by atoms with E-state index < -0.39 is 0 Å². The standard InChI is InChI=1S/C27H23ClN2O2/c1-6-19-8-7-9-20(14-19)26-16(3)25(31)22-13-15(2)12-21(27(22)32-26)17(4)29-23-10-11-24(28)30-18(23)5/h1,7-14,17,29H,2-5H3/t17-/m1/s1. The largest absolute Gasteiger partial charge is 0.455 e. The number of terminal acetylenes is 1. The maximum Gasteiger partial charge on any atom is 0.196 e. The number of rotatable bonds is 4. The molecule has 0 spiro atoms. The van der Waals surface area contributed by atoms with Crippen molar-refractivity contribution in [2.24, 2.45) is 0 Å². The molecule has 2 aromatic carbocycles. The van der Waals surface area contributed by atoms with Crippen molar-refractivity contribution < 1.29 is 4.42 Å². The second kappa shape index (κ2) is 8.53. The third-order valence-electron chi connectivity index (χ3n) is 5.57. The Morgan fingerprint density at radius 1 is 1.12 bits per heavy atom. The molecule has 0 unspecified atom stereocenters. The lowest BCUT2D eigenvalue weighted by atomic mass is 9.98. The van der Waals surface area contributed by atoms with Crippen LogP contribution in [0.2, 0.25) is 5.15 Å². The molecule has 0 bridgehead atoms. The van der Waals surface area contributed by atoms with Crippen LogP contribution in [0.15, 0.2) is 57.7 Å². The van der Waals surface area contributed by atoms with Crippen LogP contribution in [0.4, 0.5) is 5.69 Å². The van der Waals surface area contributed by atoms with Crippen LogP contribution in [-0.2, 0) is 0 Å². The van der Waals surface area contributed by atoms with Crippen molar-refractivity contribution in [1.29, 1.82) is 0 Å². The Labute approximate surface area is 192 Å². The van der Waals surface area contributed by atoms with E-state index in [1.165, 1.54) is 0 Å². The van der Waals surface area contributed by atoms with E-state index in [-0.39, 0.29) is 11.5 Å². The summed E-state index contributed by atoms with van der Waals surface area (Å²) in [6.07, 6.45) is 5.57. The monoisotopic (exact) mass is 442 g/mol. The summed E-state index contributed by atoms with van der Waals surface area (Å²) in [4.78, 5) is 17.6. The van der Waals surface area contributed by atoms with Gasteiger partial charge in [-0.25, -0.2) is 4.98 Å². The summed E-state index contributed by atoms with van der Waals surface area (Å²) in [5.74, 6) is 3.17. The molecule has 0 fully saturated rings. The molecule has 0 saturated carbocycles. The van der Waals surface area contributed by atoms with Gasteiger partial charge in [-0.1, -0.05) is 35.7 Å². The van der Waals surface area contributed by atoms with Crippen LogP contribution >= 0.6 is 11.6 Å². The van der Waals surface area contributed by atoms with Crippen LogP contribution in [0.5, 0.6) is 0 Å². The first-order valence-electron chi connectivity index (χ1n) is 10.3. The molecule has 2 heterocycles. The molecule has 0 aliphatic heterocycles. The number of fused-ring (bicyclic) bond motifs is 1. The fraction of sp³-hybridized carbons (Fsp3) is 0.185. The highest BCUT2D eigenvalue weighted by atomic mass is 35.5. The van der Waals surface area contributed by atoms with Crippen molar-refractivity contribution in [2.45, 2.75) is 33.7 Å². The fourth-order valence-electron chi connectivity index (χ4n) is 3.91. The Hall–Kier alpha value is -3.55. The quantitative estimate of drug-likeness (QED) is 0.286. The van der Waals surface area contributed by atoms with Crippen LogP contribution in [0.25, 0.3) is 22.3 Å². The minimum atomic E-state index is -0.144. The van der Waals surface area contributed by atoms with Gasteiger partial charge in [-0.15, -0.1) is 6.42 Å². The first kappa shape index (κ1) is 21.7. The van der Waals surface area contributed by atoms with Gasteiger partial charge in [0, 0.05) is 22.3 Å². The Morgan fingerprint density at radius 2 is 1.91 bits per heavy atom. The summed E-state index contributed by atoms with van der Waals surface area (Å²) >= 11 is 6.00. The van der Waals surface area contributed by atoms with E-state index in [4.69, 9.17) is 22.4 Å². The number of aryl methyl sites for hydroxylation is 2. The first-order chi connectivity index (χ1) is 15.3. The summed E-state index contributed by atoms with van der Waals surface area (Å²) in [5, 5.41) is 4.49. The lowest BCUT2D eigenvalue weighted by Crippen LogP contribution is -2.13. The van der Waals surface area contributed by atoms with Gasteiger partial charge in [0.05, 0.1) is 22.8 Å². The molecule has 4 aromatic rings. The second-order valence-corrected chi connectivity index (χ2v) is 8.36. The van der Waals surface area contributed by atoms with Gasteiger partial charge in [-0.3, -0.25) is 4.79 Å². The van der Waals surface area contributed by atoms with E-state index in [2.05, 4.69) is 16.2 Å². The SMILES string of the molecule is C#Cc1cccc(-c2oc3c([C@@H](C)Nc4ccc(Cl)nc4C)cc(C)cc3c(=O)c2C)c1. The van der Waals surface area contributed by atoms with Crippen molar-refractivity contribution >= 4 is 28.3 Å². The topological polar surface area (TPSA) is 55.1 Å². The van der Waals surface area contributed by atoms with Crippen LogP contribution in [0.1, 0.15) is 40.9 Å². The molecule has 0 amide bonds. The van der Waals surface area contributed by atoms with Crippen molar-refractivity contribution in [1.82, 2.24) is 4.98 Å². The van der Waals surface area contributed by atoms with E-state index in [0.717, 1.165) is 33.6 Å². The number of nitrogens with zero attached hydrogens (tertiary/aromatic N) is 1. The smallest absolute Gasteiger partial charge is 0.196 e. The van der Waals surface area contributed by atoms with Crippen LogP contribution < -0.4 is 10.7 Å². The molecule has 0 aliphatic rings. The van der Waals surface area contributed by atoms with Crippen LogP contribution in [0, 0.1) is 33.1 Å². The molecule has 1 N–H and O–H groups in total. The lowest BCUT2D eigenvalue weighted by Gasteiger charge is -2.19. The maximum atomic E-state index is 13.3. The zero-order valence-electron chi connectivity index (χ0n) is 18.4. The van der Waals surface area contributed by atoms with Crippen LogP contribution in [0.3, 0.4) is 0 Å². The highest BCUT2D eigenvalue weighted by Crippen LogP contribution is 2.32. The van der Waals surface area contributed by atoms with E-state index in [9.17, 15) is 4.79 Å². The zero-order chi connectivity index (χ0) is 23.0. The van der Waals surface area contributed by atoms with Gasteiger partial charge < -0.3 is 9.73 Å². The molecule has 0 aliphatic carbocycles. The Balaban J connectivity index is 1.90. The number of halogens is 1. The molecular weight excluding hydrogens is 420 g/mol. The summed E-state index contributed by atoms with van der Waals surface area (Å²) in [6.45, 7) is 7.69.